The number of imide groups is 1. The minimum absolute atomic E-state index is 0.00601. The summed E-state index contributed by atoms with van der Waals surface area (Å²) in [6, 6.07) is 9.75. The first-order chi connectivity index (χ1) is 13.6. The van der Waals surface area contributed by atoms with E-state index in [1.807, 2.05) is 0 Å². The van der Waals surface area contributed by atoms with Gasteiger partial charge in [-0.25, -0.2) is 4.79 Å². The molecule has 0 spiro atoms. The molecule has 11 heteroatoms. The van der Waals surface area contributed by atoms with Crippen LogP contribution in [-0.4, -0.2) is 34.2 Å². The monoisotopic (exact) mass is 480 g/mol. The number of rotatable bonds is 5. The van der Waals surface area contributed by atoms with Crippen molar-refractivity contribution in [2.45, 2.75) is 12.5 Å². The SMILES string of the molecule is CC1(c2ccccc2Br)NC(=O)N(CC(=O)Nc2cc([N+](=O)[O-])ccc2Cl)C1=O. The highest BCUT2D eigenvalue weighted by Crippen LogP contribution is 2.33. The molecule has 3 rings (SSSR count). The molecule has 9 nitrogen and oxygen atoms in total. The van der Waals surface area contributed by atoms with E-state index in [1.165, 1.54) is 12.1 Å². The normalized spacial score (nSPS) is 18.5. The largest absolute Gasteiger partial charge is 0.325 e. The van der Waals surface area contributed by atoms with Crippen molar-refractivity contribution in [3.63, 3.8) is 0 Å². The molecule has 0 radical (unpaired) electrons. The average molecular weight is 482 g/mol. The third-order valence-corrected chi connectivity index (χ3v) is 5.45. The highest BCUT2D eigenvalue weighted by Gasteiger charge is 2.50. The zero-order valence-electron chi connectivity index (χ0n) is 14.9. The molecule has 0 aromatic heterocycles. The summed E-state index contributed by atoms with van der Waals surface area (Å²) in [5, 5.41) is 16.0. The van der Waals surface area contributed by atoms with Crippen LogP contribution in [0.4, 0.5) is 16.2 Å². The first kappa shape index (κ1) is 20.7. The van der Waals surface area contributed by atoms with Gasteiger partial charge in [-0.2, -0.15) is 0 Å². The smallest absolute Gasteiger partial charge is 0.323 e. The molecule has 0 bridgehead atoms. The number of carbonyl (C=O) groups is 3. The van der Waals surface area contributed by atoms with Crippen molar-refractivity contribution < 1.29 is 19.3 Å². The summed E-state index contributed by atoms with van der Waals surface area (Å²) >= 11 is 9.32. The molecule has 0 aliphatic carbocycles. The van der Waals surface area contributed by atoms with Gasteiger partial charge in [-0.05, 0) is 19.1 Å². The molecule has 150 valence electrons. The maximum Gasteiger partial charge on any atom is 0.325 e. The zero-order chi connectivity index (χ0) is 21.3. The number of anilines is 1. The van der Waals surface area contributed by atoms with Gasteiger partial charge in [-0.15, -0.1) is 0 Å². The number of benzene rings is 2. The number of carbonyl (C=O) groups excluding carboxylic acids is 3. The van der Waals surface area contributed by atoms with E-state index in [1.54, 1.807) is 31.2 Å². The Bertz CT molecular complexity index is 1050. The molecule has 1 atom stereocenters. The Kier molecular flexibility index (Phi) is 5.58. The van der Waals surface area contributed by atoms with Crippen molar-refractivity contribution >= 4 is 56.8 Å². The molecule has 29 heavy (non-hydrogen) atoms. The van der Waals surface area contributed by atoms with E-state index in [-0.39, 0.29) is 16.4 Å². The Morgan fingerprint density at radius 1 is 1.31 bits per heavy atom. The van der Waals surface area contributed by atoms with Gasteiger partial charge in [0.25, 0.3) is 11.6 Å². The second-order valence-corrected chi connectivity index (χ2v) is 7.66. The van der Waals surface area contributed by atoms with Crippen LogP contribution >= 0.6 is 27.5 Å². The van der Waals surface area contributed by atoms with Crippen LogP contribution in [0.15, 0.2) is 46.9 Å². The van der Waals surface area contributed by atoms with Crippen molar-refractivity contribution in [1.29, 1.82) is 0 Å². The second kappa shape index (κ2) is 7.80. The van der Waals surface area contributed by atoms with E-state index in [2.05, 4.69) is 26.6 Å². The van der Waals surface area contributed by atoms with Crippen molar-refractivity contribution in [3.8, 4) is 0 Å². The van der Waals surface area contributed by atoms with Gasteiger partial charge in [0, 0.05) is 22.2 Å². The minimum atomic E-state index is -1.35. The number of nitro groups is 1. The molecule has 4 amide bonds. The summed E-state index contributed by atoms with van der Waals surface area (Å²) in [6.07, 6.45) is 0. The van der Waals surface area contributed by atoms with Crippen LogP contribution in [0.5, 0.6) is 0 Å². The lowest BCUT2D eigenvalue weighted by atomic mass is 9.92. The lowest BCUT2D eigenvalue weighted by molar-refractivity contribution is -0.384. The van der Waals surface area contributed by atoms with Crippen LogP contribution in [0.2, 0.25) is 5.02 Å². The van der Waals surface area contributed by atoms with E-state index in [0.717, 1.165) is 11.0 Å². The maximum absolute atomic E-state index is 12.9. The summed E-state index contributed by atoms with van der Waals surface area (Å²) in [5.41, 5.74) is -1.06. The summed E-state index contributed by atoms with van der Waals surface area (Å²) in [6.45, 7) is 0.965. The number of hydrogen-bond acceptors (Lipinski definition) is 5. The van der Waals surface area contributed by atoms with Gasteiger partial charge in [-0.3, -0.25) is 24.6 Å². The van der Waals surface area contributed by atoms with Gasteiger partial charge >= 0.3 is 6.03 Å². The lowest BCUT2D eigenvalue weighted by Gasteiger charge is -2.23. The first-order valence-electron chi connectivity index (χ1n) is 8.26. The van der Waals surface area contributed by atoms with E-state index in [9.17, 15) is 24.5 Å². The molecule has 2 aromatic rings. The highest BCUT2D eigenvalue weighted by atomic mass is 79.9. The molecular weight excluding hydrogens is 468 g/mol. The van der Waals surface area contributed by atoms with Crippen molar-refractivity contribution in [2.24, 2.45) is 0 Å². The van der Waals surface area contributed by atoms with Gasteiger partial charge in [-0.1, -0.05) is 45.7 Å². The van der Waals surface area contributed by atoms with Crippen LogP contribution in [0.1, 0.15) is 12.5 Å². The number of halogens is 2. The van der Waals surface area contributed by atoms with Gasteiger partial charge in [0.2, 0.25) is 5.91 Å². The molecule has 1 unspecified atom stereocenters. The number of hydrogen-bond donors (Lipinski definition) is 2. The molecule has 1 aliphatic heterocycles. The van der Waals surface area contributed by atoms with Crippen LogP contribution in [0.3, 0.4) is 0 Å². The third-order valence-electron chi connectivity index (χ3n) is 4.42. The van der Waals surface area contributed by atoms with Crippen molar-refractivity contribution in [2.75, 3.05) is 11.9 Å². The van der Waals surface area contributed by atoms with E-state index >= 15 is 0 Å². The number of amides is 4. The summed E-state index contributed by atoms with van der Waals surface area (Å²) in [5.74, 6) is -1.33. The number of nitrogens with one attached hydrogen (secondary N) is 2. The molecular formula is C18H14BrClN4O5. The summed E-state index contributed by atoms with van der Waals surface area (Å²) in [4.78, 5) is 48.7. The minimum Gasteiger partial charge on any atom is -0.323 e. The van der Waals surface area contributed by atoms with Gasteiger partial charge in [0.15, 0.2) is 0 Å². The van der Waals surface area contributed by atoms with Crippen molar-refractivity contribution in [3.05, 3.63) is 67.6 Å². The zero-order valence-corrected chi connectivity index (χ0v) is 17.3. The molecule has 1 saturated heterocycles. The average Bonchev–Trinajstić information content (AvgIpc) is 2.87. The molecule has 1 fully saturated rings. The predicted molar refractivity (Wildman–Crippen MR) is 108 cm³/mol. The Morgan fingerprint density at radius 2 is 2.00 bits per heavy atom. The molecule has 1 aliphatic rings. The number of urea groups is 1. The van der Waals surface area contributed by atoms with Crippen LogP contribution in [-0.2, 0) is 15.1 Å². The third kappa shape index (κ3) is 3.94. The van der Waals surface area contributed by atoms with Gasteiger partial charge in [0.05, 0.1) is 15.6 Å². The topological polar surface area (TPSA) is 122 Å². The van der Waals surface area contributed by atoms with Gasteiger partial charge < -0.3 is 10.6 Å². The second-order valence-electron chi connectivity index (χ2n) is 6.40. The lowest BCUT2D eigenvalue weighted by Crippen LogP contribution is -2.42. The summed E-state index contributed by atoms with van der Waals surface area (Å²) in [7, 11) is 0. The number of nitrogens with zero attached hydrogens (tertiary/aromatic N) is 2. The first-order valence-corrected chi connectivity index (χ1v) is 9.43. The predicted octanol–water partition coefficient (Wildman–Crippen LogP) is 3.42. The quantitative estimate of drug-likeness (QED) is 0.385. The summed E-state index contributed by atoms with van der Waals surface area (Å²) < 4.78 is 0.630. The highest BCUT2D eigenvalue weighted by molar-refractivity contribution is 9.10. The van der Waals surface area contributed by atoms with Gasteiger partial charge in [0.1, 0.15) is 12.1 Å². The Balaban J connectivity index is 1.79. The van der Waals surface area contributed by atoms with Crippen LogP contribution in [0, 0.1) is 10.1 Å². The molecule has 0 saturated carbocycles. The van der Waals surface area contributed by atoms with Crippen molar-refractivity contribution in [1.82, 2.24) is 10.2 Å². The fraction of sp³-hybridized carbons (Fsp3) is 0.167. The molecule has 2 aromatic carbocycles. The van der Waals surface area contributed by atoms with Crippen LogP contribution < -0.4 is 10.6 Å². The Hall–Kier alpha value is -2.98. The van der Waals surface area contributed by atoms with E-state index in [0.29, 0.717) is 10.0 Å². The maximum atomic E-state index is 12.9. The number of non-ortho nitro benzene ring substituents is 1. The van der Waals surface area contributed by atoms with E-state index < -0.39 is 34.9 Å². The number of nitro benzene ring substituents is 1. The van der Waals surface area contributed by atoms with E-state index in [4.69, 9.17) is 11.6 Å². The molecule has 2 N–H and O–H groups in total. The molecule has 1 heterocycles. The Morgan fingerprint density at radius 3 is 2.66 bits per heavy atom. The Labute approximate surface area is 178 Å². The fourth-order valence-electron chi connectivity index (χ4n) is 2.95. The van der Waals surface area contributed by atoms with Crippen LogP contribution in [0.25, 0.3) is 0 Å². The standard InChI is InChI=1S/C18H14BrClN4O5/c1-18(11-4-2-3-5-12(11)19)16(26)23(17(27)22-18)9-15(25)21-14-8-10(24(28)29)6-7-13(14)20/h2-8H,9H2,1H3,(H,21,25)(H,22,27). The fourth-order valence-corrected chi connectivity index (χ4v) is 3.79.